The van der Waals surface area contributed by atoms with Crippen LogP contribution in [0, 0.1) is 13.8 Å². The van der Waals surface area contributed by atoms with Crippen molar-refractivity contribution in [1.29, 1.82) is 0 Å². The van der Waals surface area contributed by atoms with Gasteiger partial charge in [0.15, 0.2) is 0 Å². The van der Waals surface area contributed by atoms with E-state index in [1.54, 1.807) is 17.9 Å². The Bertz CT molecular complexity index is 1160. The zero-order chi connectivity index (χ0) is 20.5. The van der Waals surface area contributed by atoms with Crippen LogP contribution in [0.5, 0.6) is 0 Å². The van der Waals surface area contributed by atoms with Crippen LogP contribution in [-0.2, 0) is 0 Å². The number of carbonyl (C=O) groups excluding carboxylic acids is 1. The standard InChI is InChI=1S/C21H22N4O3S/c1-12-9-15(20(27)22-13(12)2)21(28)25-7-4-3-5-17(25)19-23-16(10-18(26)24-19)14-6-8-29-11-14/h6,8-11,17H,3-5,7H2,1-2H3,(H,22,27)(H,23,24,26)/t17-/m0/s1. The van der Waals surface area contributed by atoms with E-state index >= 15 is 0 Å². The summed E-state index contributed by atoms with van der Waals surface area (Å²) in [5.74, 6) is 0.134. The highest BCUT2D eigenvalue weighted by atomic mass is 32.1. The summed E-state index contributed by atoms with van der Waals surface area (Å²) < 4.78 is 0. The second-order valence-corrected chi connectivity index (χ2v) is 8.14. The van der Waals surface area contributed by atoms with Gasteiger partial charge in [-0.25, -0.2) is 4.98 Å². The minimum atomic E-state index is -0.393. The van der Waals surface area contributed by atoms with Crippen molar-refractivity contribution in [3.63, 3.8) is 0 Å². The van der Waals surface area contributed by atoms with Crippen molar-refractivity contribution in [2.45, 2.75) is 39.2 Å². The zero-order valence-corrected chi connectivity index (χ0v) is 17.1. The Morgan fingerprint density at radius 2 is 2.03 bits per heavy atom. The van der Waals surface area contributed by atoms with Gasteiger partial charge in [0.05, 0.1) is 11.7 Å². The van der Waals surface area contributed by atoms with Crippen LogP contribution in [-0.4, -0.2) is 32.3 Å². The fourth-order valence-corrected chi connectivity index (χ4v) is 4.34. The van der Waals surface area contributed by atoms with Crippen molar-refractivity contribution >= 4 is 17.2 Å². The Kier molecular flexibility index (Phi) is 5.19. The molecular weight excluding hydrogens is 388 g/mol. The number of nitrogens with one attached hydrogen (secondary N) is 2. The van der Waals surface area contributed by atoms with Crippen molar-refractivity contribution in [2.24, 2.45) is 0 Å². The van der Waals surface area contributed by atoms with Gasteiger partial charge in [-0.2, -0.15) is 11.3 Å². The van der Waals surface area contributed by atoms with E-state index < -0.39 is 5.56 Å². The monoisotopic (exact) mass is 410 g/mol. The number of nitrogens with zero attached hydrogens (tertiary/aromatic N) is 2. The molecule has 0 aromatic carbocycles. The molecular formula is C21H22N4O3S. The number of carbonyl (C=O) groups is 1. The fraction of sp³-hybridized carbons (Fsp3) is 0.333. The summed E-state index contributed by atoms with van der Waals surface area (Å²) in [5.41, 5.74) is 2.54. The first-order chi connectivity index (χ1) is 13.9. The van der Waals surface area contributed by atoms with Crippen LogP contribution < -0.4 is 11.1 Å². The molecule has 0 spiro atoms. The highest BCUT2D eigenvalue weighted by Gasteiger charge is 2.32. The largest absolute Gasteiger partial charge is 0.328 e. The first kappa shape index (κ1) is 19.3. The van der Waals surface area contributed by atoms with Crippen molar-refractivity contribution in [1.82, 2.24) is 19.9 Å². The molecule has 7 nitrogen and oxygen atoms in total. The Morgan fingerprint density at radius 1 is 1.21 bits per heavy atom. The number of amides is 1. The number of piperidine rings is 1. The molecule has 1 aliphatic rings. The second-order valence-electron chi connectivity index (χ2n) is 7.36. The summed E-state index contributed by atoms with van der Waals surface area (Å²) in [6, 6.07) is 4.65. The summed E-state index contributed by atoms with van der Waals surface area (Å²) in [4.78, 5) is 49.8. The number of thiophene rings is 1. The van der Waals surface area contributed by atoms with Crippen molar-refractivity contribution in [2.75, 3.05) is 6.54 Å². The summed E-state index contributed by atoms with van der Waals surface area (Å²) in [5, 5.41) is 3.87. The first-order valence-corrected chi connectivity index (χ1v) is 10.5. The maximum Gasteiger partial charge on any atom is 0.261 e. The van der Waals surface area contributed by atoms with Gasteiger partial charge in [-0.05, 0) is 56.2 Å². The lowest BCUT2D eigenvalue weighted by atomic mass is 9.99. The average molecular weight is 410 g/mol. The number of likely N-dealkylation sites (tertiary alicyclic amines) is 1. The molecule has 4 heterocycles. The van der Waals surface area contributed by atoms with Crippen molar-refractivity contribution in [3.05, 3.63) is 72.3 Å². The van der Waals surface area contributed by atoms with Gasteiger partial charge in [-0.3, -0.25) is 14.4 Å². The number of aryl methyl sites for hydroxylation is 2. The van der Waals surface area contributed by atoms with E-state index in [1.807, 2.05) is 23.8 Å². The lowest BCUT2D eigenvalue weighted by Gasteiger charge is -2.35. The van der Waals surface area contributed by atoms with Crippen LogP contribution in [0.4, 0.5) is 0 Å². The molecule has 1 saturated heterocycles. The third-order valence-electron chi connectivity index (χ3n) is 5.38. The van der Waals surface area contributed by atoms with Crippen LogP contribution in [0.25, 0.3) is 11.3 Å². The number of hydrogen-bond acceptors (Lipinski definition) is 5. The van der Waals surface area contributed by atoms with Crippen LogP contribution in [0.1, 0.15) is 52.7 Å². The van der Waals surface area contributed by atoms with Gasteiger partial charge in [0.2, 0.25) is 0 Å². The summed E-state index contributed by atoms with van der Waals surface area (Å²) in [7, 11) is 0. The molecule has 3 aromatic heterocycles. The predicted octanol–water partition coefficient (Wildman–Crippen LogP) is 3.17. The van der Waals surface area contributed by atoms with Crippen LogP contribution >= 0.6 is 11.3 Å². The maximum absolute atomic E-state index is 13.3. The van der Waals surface area contributed by atoms with E-state index in [1.165, 1.54) is 17.4 Å². The molecule has 0 radical (unpaired) electrons. The normalized spacial score (nSPS) is 16.8. The second kappa shape index (κ2) is 7.79. The van der Waals surface area contributed by atoms with Gasteiger partial charge in [-0.15, -0.1) is 0 Å². The molecule has 150 valence electrons. The summed E-state index contributed by atoms with van der Waals surface area (Å²) >= 11 is 1.53. The molecule has 29 heavy (non-hydrogen) atoms. The molecule has 0 saturated carbocycles. The van der Waals surface area contributed by atoms with Crippen LogP contribution in [0.3, 0.4) is 0 Å². The Balaban J connectivity index is 1.74. The molecule has 1 aliphatic heterocycles. The zero-order valence-electron chi connectivity index (χ0n) is 16.3. The molecule has 3 aromatic rings. The summed E-state index contributed by atoms with van der Waals surface area (Å²) in [6.07, 6.45) is 2.45. The van der Waals surface area contributed by atoms with E-state index in [9.17, 15) is 14.4 Å². The first-order valence-electron chi connectivity index (χ1n) is 9.59. The minimum absolute atomic E-state index is 0.122. The van der Waals surface area contributed by atoms with Crippen molar-refractivity contribution < 1.29 is 4.79 Å². The fourth-order valence-electron chi connectivity index (χ4n) is 3.69. The molecule has 2 N–H and O–H groups in total. The SMILES string of the molecule is Cc1cc(C(=O)N2CCCC[C@H]2c2nc(-c3ccsc3)cc(=O)[nH]2)c(=O)[nH]c1C. The molecule has 1 fully saturated rings. The van der Waals surface area contributed by atoms with Gasteiger partial charge >= 0.3 is 0 Å². The van der Waals surface area contributed by atoms with E-state index in [0.29, 0.717) is 24.5 Å². The van der Waals surface area contributed by atoms with Gasteiger partial charge < -0.3 is 14.9 Å². The van der Waals surface area contributed by atoms with Gasteiger partial charge in [0.25, 0.3) is 17.0 Å². The van der Waals surface area contributed by atoms with E-state index in [0.717, 1.165) is 29.7 Å². The van der Waals surface area contributed by atoms with Crippen molar-refractivity contribution in [3.8, 4) is 11.3 Å². The maximum atomic E-state index is 13.3. The summed E-state index contributed by atoms with van der Waals surface area (Å²) in [6.45, 7) is 4.18. The number of pyridine rings is 1. The van der Waals surface area contributed by atoms with Crippen LogP contribution in [0.15, 0.2) is 38.5 Å². The highest BCUT2D eigenvalue weighted by Crippen LogP contribution is 2.30. The van der Waals surface area contributed by atoms with E-state index in [-0.39, 0.29) is 23.1 Å². The molecule has 1 atom stereocenters. The third kappa shape index (κ3) is 3.80. The molecule has 8 heteroatoms. The average Bonchev–Trinajstić information content (AvgIpc) is 3.25. The Labute approximate surface area is 171 Å². The number of aromatic amines is 2. The van der Waals surface area contributed by atoms with E-state index in [2.05, 4.69) is 15.0 Å². The predicted molar refractivity (Wildman–Crippen MR) is 112 cm³/mol. The van der Waals surface area contributed by atoms with Gasteiger partial charge in [0.1, 0.15) is 11.4 Å². The number of H-pyrrole nitrogens is 2. The highest BCUT2D eigenvalue weighted by molar-refractivity contribution is 7.08. The van der Waals surface area contributed by atoms with Gasteiger partial charge in [0, 0.05) is 29.2 Å². The minimum Gasteiger partial charge on any atom is -0.328 e. The smallest absolute Gasteiger partial charge is 0.261 e. The third-order valence-corrected chi connectivity index (χ3v) is 6.07. The number of aromatic nitrogens is 3. The number of hydrogen-bond donors (Lipinski definition) is 2. The van der Waals surface area contributed by atoms with Crippen LogP contribution in [0.2, 0.25) is 0 Å². The number of rotatable bonds is 3. The molecule has 4 rings (SSSR count). The quantitative estimate of drug-likeness (QED) is 0.693. The topological polar surface area (TPSA) is 98.9 Å². The molecule has 0 bridgehead atoms. The Morgan fingerprint density at radius 3 is 2.79 bits per heavy atom. The van der Waals surface area contributed by atoms with E-state index in [4.69, 9.17) is 0 Å². The Hall–Kier alpha value is -3.00. The molecule has 1 amide bonds. The van der Waals surface area contributed by atoms with Gasteiger partial charge in [-0.1, -0.05) is 0 Å². The lowest BCUT2D eigenvalue weighted by Crippen LogP contribution is -2.42. The lowest BCUT2D eigenvalue weighted by molar-refractivity contribution is 0.0597. The molecule has 0 unspecified atom stereocenters. The molecule has 0 aliphatic carbocycles.